The summed E-state index contributed by atoms with van der Waals surface area (Å²) in [5, 5.41) is 18.2. The molecule has 2 aromatic carbocycles. The number of fused-ring (bicyclic) bond motifs is 2. The van der Waals surface area contributed by atoms with Crippen molar-refractivity contribution in [2.75, 3.05) is 19.0 Å². The molecule has 7 nitrogen and oxygen atoms in total. The molecular formula is C27H32BrN3O4S. The van der Waals surface area contributed by atoms with Gasteiger partial charge in [0.25, 0.3) is 0 Å². The van der Waals surface area contributed by atoms with Gasteiger partial charge in [0, 0.05) is 22.8 Å². The lowest BCUT2D eigenvalue weighted by molar-refractivity contribution is -0.143. The molecular weight excluding hydrogens is 542 g/mol. The predicted molar refractivity (Wildman–Crippen MR) is 146 cm³/mol. The number of aliphatic hydroxyl groups is 1. The molecule has 2 bridgehead atoms. The molecule has 9 heteroatoms. The topological polar surface area (TPSA) is 98.7 Å². The SMILES string of the molecule is CC[C@H](C)[C@H](CO)N1C(=O)[C@@H]2[C@@H](C(=O)NC)[C@@H]3SC2(CC3Br)C1C(=O)Nc1ccc2ccccc2c1. The number of aliphatic hydroxyl groups excluding tert-OH is 1. The normalized spacial score (nSPS) is 32.4. The molecule has 3 amide bonds. The minimum Gasteiger partial charge on any atom is -0.394 e. The lowest BCUT2D eigenvalue weighted by Gasteiger charge is -2.39. The van der Waals surface area contributed by atoms with Gasteiger partial charge >= 0.3 is 0 Å². The van der Waals surface area contributed by atoms with E-state index in [1.54, 1.807) is 23.7 Å². The van der Waals surface area contributed by atoms with Crippen molar-refractivity contribution in [2.45, 2.75) is 53.6 Å². The van der Waals surface area contributed by atoms with Crippen LogP contribution >= 0.6 is 27.7 Å². The Morgan fingerprint density at radius 2 is 1.94 bits per heavy atom. The van der Waals surface area contributed by atoms with Crippen LogP contribution in [0.1, 0.15) is 26.7 Å². The molecule has 1 spiro atoms. The lowest BCUT2D eigenvalue weighted by Crippen LogP contribution is -2.56. The summed E-state index contributed by atoms with van der Waals surface area (Å²) in [7, 11) is 1.59. The van der Waals surface area contributed by atoms with Crippen molar-refractivity contribution in [1.82, 2.24) is 10.2 Å². The third kappa shape index (κ3) is 3.77. The van der Waals surface area contributed by atoms with Gasteiger partial charge in [-0.25, -0.2) is 0 Å². The minimum absolute atomic E-state index is 0.00874. The van der Waals surface area contributed by atoms with Crippen LogP contribution < -0.4 is 10.6 Å². The van der Waals surface area contributed by atoms with Crippen LogP contribution in [0.15, 0.2) is 42.5 Å². The van der Waals surface area contributed by atoms with Crippen LogP contribution in [0.5, 0.6) is 0 Å². The molecule has 192 valence electrons. The van der Waals surface area contributed by atoms with E-state index in [-0.39, 0.29) is 40.3 Å². The predicted octanol–water partition coefficient (Wildman–Crippen LogP) is 3.40. The van der Waals surface area contributed by atoms with Crippen molar-refractivity contribution in [3.05, 3.63) is 42.5 Å². The molecule has 0 saturated carbocycles. The molecule has 3 N–H and O–H groups in total. The number of nitrogens with zero attached hydrogens (tertiary/aromatic N) is 1. The van der Waals surface area contributed by atoms with E-state index in [0.29, 0.717) is 12.1 Å². The Kier molecular flexibility index (Phi) is 6.85. The van der Waals surface area contributed by atoms with E-state index in [2.05, 4.69) is 26.6 Å². The fourth-order valence-corrected chi connectivity index (χ4v) is 10.1. The number of hydrogen-bond donors (Lipinski definition) is 3. The number of amides is 3. The summed E-state index contributed by atoms with van der Waals surface area (Å²) in [6, 6.07) is 12.4. The number of benzene rings is 2. The molecule has 36 heavy (non-hydrogen) atoms. The first-order valence-corrected chi connectivity index (χ1v) is 14.3. The first kappa shape index (κ1) is 25.5. The average Bonchev–Trinajstić information content (AvgIpc) is 3.47. The summed E-state index contributed by atoms with van der Waals surface area (Å²) in [4.78, 5) is 42.8. The van der Waals surface area contributed by atoms with Crippen LogP contribution in [0, 0.1) is 17.8 Å². The first-order valence-electron chi connectivity index (χ1n) is 12.5. The van der Waals surface area contributed by atoms with Crippen LogP contribution in [0.4, 0.5) is 5.69 Å². The Morgan fingerprint density at radius 3 is 2.61 bits per heavy atom. The Hall–Kier alpha value is -2.10. The maximum Gasteiger partial charge on any atom is 0.248 e. The monoisotopic (exact) mass is 573 g/mol. The highest BCUT2D eigenvalue weighted by molar-refractivity contribution is 9.09. The Bertz CT molecular complexity index is 1210. The van der Waals surface area contributed by atoms with Gasteiger partial charge in [-0.1, -0.05) is 66.5 Å². The Balaban J connectivity index is 1.57. The van der Waals surface area contributed by atoms with Crippen LogP contribution in [0.25, 0.3) is 10.8 Å². The van der Waals surface area contributed by atoms with E-state index in [1.807, 2.05) is 56.3 Å². The van der Waals surface area contributed by atoms with E-state index in [0.717, 1.165) is 17.2 Å². The molecule has 3 fully saturated rings. The first-order chi connectivity index (χ1) is 17.3. The highest BCUT2D eigenvalue weighted by atomic mass is 79.9. The molecule has 5 rings (SSSR count). The molecule has 8 atom stereocenters. The van der Waals surface area contributed by atoms with Crippen molar-refractivity contribution < 1.29 is 19.5 Å². The lowest BCUT2D eigenvalue weighted by atomic mass is 9.70. The number of likely N-dealkylation sites (tertiary alicyclic amines) is 1. The zero-order valence-corrected chi connectivity index (χ0v) is 23.0. The van der Waals surface area contributed by atoms with E-state index in [1.165, 1.54) is 0 Å². The second kappa shape index (κ2) is 9.65. The third-order valence-corrected chi connectivity index (χ3v) is 11.6. The van der Waals surface area contributed by atoms with Crippen LogP contribution in [-0.2, 0) is 14.4 Å². The number of alkyl halides is 1. The molecule has 0 radical (unpaired) electrons. The Labute approximate surface area is 223 Å². The summed E-state index contributed by atoms with van der Waals surface area (Å²) >= 11 is 5.36. The fraction of sp³-hybridized carbons (Fsp3) is 0.519. The van der Waals surface area contributed by atoms with Gasteiger partial charge in [0.1, 0.15) is 6.04 Å². The van der Waals surface area contributed by atoms with Gasteiger partial charge in [0.05, 0.1) is 29.2 Å². The van der Waals surface area contributed by atoms with E-state index >= 15 is 0 Å². The van der Waals surface area contributed by atoms with Crippen LogP contribution in [0.3, 0.4) is 0 Å². The van der Waals surface area contributed by atoms with Crippen molar-refractivity contribution in [3.63, 3.8) is 0 Å². The Morgan fingerprint density at radius 1 is 1.22 bits per heavy atom. The van der Waals surface area contributed by atoms with Gasteiger partial charge < -0.3 is 20.6 Å². The molecule has 0 aromatic heterocycles. The number of carbonyl (C=O) groups excluding carboxylic acids is 3. The van der Waals surface area contributed by atoms with Gasteiger partial charge in [-0.3, -0.25) is 14.4 Å². The highest BCUT2D eigenvalue weighted by Crippen LogP contribution is 2.68. The van der Waals surface area contributed by atoms with E-state index < -0.39 is 28.7 Å². The number of halogens is 1. The molecule has 3 heterocycles. The van der Waals surface area contributed by atoms with Crippen LogP contribution in [-0.4, -0.2) is 68.3 Å². The second-order valence-electron chi connectivity index (χ2n) is 10.2. The number of carbonyl (C=O) groups is 3. The van der Waals surface area contributed by atoms with Crippen molar-refractivity contribution in [3.8, 4) is 0 Å². The van der Waals surface area contributed by atoms with Crippen molar-refractivity contribution in [1.29, 1.82) is 0 Å². The van der Waals surface area contributed by atoms with E-state index in [9.17, 15) is 19.5 Å². The molecule has 0 aliphatic carbocycles. The largest absolute Gasteiger partial charge is 0.394 e. The maximum atomic E-state index is 14.1. The second-order valence-corrected chi connectivity index (χ2v) is 12.9. The van der Waals surface area contributed by atoms with Crippen LogP contribution in [0.2, 0.25) is 0 Å². The molecule has 3 aliphatic rings. The summed E-state index contributed by atoms with van der Waals surface area (Å²) in [6.07, 6.45) is 1.36. The molecule has 3 saturated heterocycles. The molecule has 3 unspecified atom stereocenters. The number of anilines is 1. The van der Waals surface area contributed by atoms with Gasteiger partial charge in [0.2, 0.25) is 17.7 Å². The minimum atomic E-state index is -0.794. The smallest absolute Gasteiger partial charge is 0.248 e. The number of hydrogen-bond acceptors (Lipinski definition) is 5. The number of thioether (sulfide) groups is 1. The van der Waals surface area contributed by atoms with Crippen molar-refractivity contribution >= 4 is 61.9 Å². The number of rotatable bonds is 7. The van der Waals surface area contributed by atoms with Crippen molar-refractivity contribution in [2.24, 2.45) is 17.8 Å². The summed E-state index contributed by atoms with van der Waals surface area (Å²) < 4.78 is -0.741. The molecule has 2 aromatic rings. The highest BCUT2D eigenvalue weighted by Gasteiger charge is 2.76. The van der Waals surface area contributed by atoms with Gasteiger partial charge in [0.15, 0.2) is 0 Å². The quantitative estimate of drug-likeness (QED) is 0.441. The van der Waals surface area contributed by atoms with E-state index in [4.69, 9.17) is 0 Å². The standard InChI is InChI=1S/C27H32BrN3O4S/c1-4-14(2)19(13-32)31-23(25(34)30-17-10-9-15-7-5-6-8-16(15)11-17)27-12-18(28)22(36-27)20(24(33)29-3)21(27)26(31)35/h5-11,14,18-23,32H,4,12-13H2,1-3H3,(H,29,33)(H,30,34)/t14-,18?,19-,20+,21-,22+,23?,27?/m0/s1. The third-order valence-electron chi connectivity index (χ3n) is 8.39. The number of nitrogens with one attached hydrogen (secondary N) is 2. The maximum absolute atomic E-state index is 14.1. The summed E-state index contributed by atoms with van der Waals surface area (Å²) in [6.45, 7) is 3.77. The zero-order chi connectivity index (χ0) is 25.8. The van der Waals surface area contributed by atoms with Gasteiger partial charge in [-0.05, 0) is 35.2 Å². The summed E-state index contributed by atoms with van der Waals surface area (Å²) in [5.74, 6) is -1.78. The zero-order valence-electron chi connectivity index (χ0n) is 20.6. The fourth-order valence-electron chi connectivity index (χ4n) is 6.48. The summed E-state index contributed by atoms with van der Waals surface area (Å²) in [5.41, 5.74) is 0.658. The molecule has 3 aliphatic heterocycles. The van der Waals surface area contributed by atoms with Gasteiger partial charge in [-0.2, -0.15) is 0 Å². The average molecular weight is 575 g/mol. The van der Waals surface area contributed by atoms with Gasteiger partial charge in [-0.15, -0.1) is 11.8 Å².